The molecule has 5 nitrogen and oxygen atoms in total. The van der Waals surface area contributed by atoms with Gasteiger partial charge >= 0.3 is 5.97 Å². The summed E-state index contributed by atoms with van der Waals surface area (Å²) in [5.41, 5.74) is 0.638. The number of aliphatic hydroxyl groups is 2. The van der Waals surface area contributed by atoms with Crippen LogP contribution in [0.25, 0.3) is 0 Å². The molecule has 0 aromatic rings. The van der Waals surface area contributed by atoms with Gasteiger partial charge in [0.05, 0.1) is 6.10 Å². The fraction of sp³-hybridized carbons (Fsp3) is 0.839. The van der Waals surface area contributed by atoms with Gasteiger partial charge in [0.15, 0.2) is 14.4 Å². The van der Waals surface area contributed by atoms with E-state index in [0.717, 1.165) is 24.8 Å². The van der Waals surface area contributed by atoms with Gasteiger partial charge in [-0.3, -0.25) is 0 Å². The lowest BCUT2D eigenvalue weighted by Crippen LogP contribution is -2.67. The van der Waals surface area contributed by atoms with Crippen LogP contribution in [-0.2, 0) is 14.0 Å². The smallest absolute Gasteiger partial charge is 0.337 e. The standard InChI is InChI=1S/C31H52O5Si/c1-17(2)26-24-14-21-19(4)31(34)23(13-12-18(3)22(21)15-30(24,9)16-25(26)32)20(5)35-28(33)27(31)36-37(10,11)29(6,7)8/h12,17,20-27,32,34H,4,13-16H2,1-3,5-11H3/b18-12-. The summed E-state index contributed by atoms with van der Waals surface area (Å²) in [6.07, 6.45) is 3.76. The second-order valence-corrected chi connectivity index (χ2v) is 19.8. The van der Waals surface area contributed by atoms with Gasteiger partial charge in [0, 0.05) is 5.92 Å². The molecule has 2 saturated carbocycles. The molecule has 1 saturated heterocycles. The third-order valence-electron chi connectivity index (χ3n) is 11.4. The second kappa shape index (κ2) is 9.31. The molecular formula is C31H52O5Si. The van der Waals surface area contributed by atoms with Crippen molar-refractivity contribution >= 4 is 14.3 Å². The molecule has 3 fully saturated rings. The Hall–Kier alpha value is -0.953. The van der Waals surface area contributed by atoms with E-state index in [1.54, 1.807) is 0 Å². The second-order valence-electron chi connectivity index (χ2n) is 15.0. The molecule has 4 rings (SSSR count). The molecule has 0 aromatic carbocycles. The van der Waals surface area contributed by atoms with Crippen LogP contribution in [0.4, 0.5) is 0 Å². The van der Waals surface area contributed by atoms with E-state index in [4.69, 9.17) is 9.16 Å². The van der Waals surface area contributed by atoms with Crippen molar-refractivity contribution in [3.05, 3.63) is 23.8 Å². The van der Waals surface area contributed by atoms with Gasteiger partial charge in [0.1, 0.15) is 11.7 Å². The molecule has 6 heteroatoms. The monoisotopic (exact) mass is 532 g/mol. The molecular weight excluding hydrogens is 480 g/mol. The number of allylic oxidation sites excluding steroid dienone is 2. The Kier molecular flexibility index (Phi) is 7.31. The predicted octanol–water partition coefficient (Wildman–Crippen LogP) is 6.26. The Morgan fingerprint density at radius 3 is 2.38 bits per heavy atom. The zero-order valence-electron chi connectivity index (χ0n) is 24.9. The number of rotatable bonds is 3. The van der Waals surface area contributed by atoms with E-state index < -0.39 is 32.1 Å². The van der Waals surface area contributed by atoms with Crippen molar-refractivity contribution in [1.82, 2.24) is 0 Å². The van der Waals surface area contributed by atoms with Crippen molar-refractivity contribution in [3.8, 4) is 0 Å². The van der Waals surface area contributed by atoms with Gasteiger partial charge < -0.3 is 19.4 Å². The highest BCUT2D eigenvalue weighted by Gasteiger charge is 2.63. The third kappa shape index (κ3) is 4.52. The maximum absolute atomic E-state index is 13.5. The highest BCUT2D eigenvalue weighted by molar-refractivity contribution is 6.74. The highest BCUT2D eigenvalue weighted by Crippen LogP contribution is 2.63. The Balaban J connectivity index is 1.81. The van der Waals surface area contributed by atoms with Gasteiger partial charge in [0.2, 0.25) is 0 Å². The summed E-state index contributed by atoms with van der Waals surface area (Å²) in [5, 5.41) is 23.8. The third-order valence-corrected chi connectivity index (χ3v) is 15.9. The van der Waals surface area contributed by atoms with Crippen LogP contribution in [0.2, 0.25) is 18.1 Å². The largest absolute Gasteiger partial charge is 0.460 e. The van der Waals surface area contributed by atoms with Crippen molar-refractivity contribution in [2.75, 3.05) is 0 Å². The van der Waals surface area contributed by atoms with Crippen LogP contribution in [-0.4, -0.2) is 48.4 Å². The van der Waals surface area contributed by atoms with Crippen LogP contribution >= 0.6 is 0 Å². The van der Waals surface area contributed by atoms with Crippen molar-refractivity contribution < 1.29 is 24.2 Å². The quantitative estimate of drug-likeness (QED) is 0.255. The fourth-order valence-electron chi connectivity index (χ4n) is 8.24. The molecule has 210 valence electrons. The van der Waals surface area contributed by atoms with E-state index in [2.05, 4.69) is 74.2 Å². The zero-order chi connectivity index (χ0) is 27.9. The molecule has 2 N–H and O–H groups in total. The first kappa shape index (κ1) is 29.0. The Bertz CT molecular complexity index is 963. The van der Waals surface area contributed by atoms with E-state index in [-0.39, 0.29) is 40.2 Å². The lowest BCUT2D eigenvalue weighted by atomic mass is 9.53. The van der Waals surface area contributed by atoms with Crippen LogP contribution in [0.5, 0.6) is 0 Å². The predicted molar refractivity (Wildman–Crippen MR) is 150 cm³/mol. The van der Waals surface area contributed by atoms with E-state index in [1.165, 1.54) is 5.57 Å². The van der Waals surface area contributed by atoms with Gasteiger partial charge in [-0.2, -0.15) is 0 Å². The fourth-order valence-corrected chi connectivity index (χ4v) is 9.46. The summed E-state index contributed by atoms with van der Waals surface area (Å²) < 4.78 is 12.6. The molecule has 0 spiro atoms. The Morgan fingerprint density at radius 1 is 1.19 bits per heavy atom. The molecule has 1 aliphatic heterocycles. The van der Waals surface area contributed by atoms with Crippen LogP contribution in [0.1, 0.15) is 81.1 Å². The first-order chi connectivity index (χ1) is 16.8. The molecule has 10 atom stereocenters. The average Bonchev–Trinajstić information content (AvgIpc) is 3.02. The Morgan fingerprint density at radius 2 is 1.81 bits per heavy atom. The highest BCUT2D eigenvalue weighted by atomic mass is 28.4. The minimum Gasteiger partial charge on any atom is -0.460 e. The molecule has 37 heavy (non-hydrogen) atoms. The lowest BCUT2D eigenvalue weighted by molar-refractivity contribution is -0.206. The number of fused-ring (bicyclic) bond motifs is 3. The molecule has 0 bridgehead atoms. The van der Waals surface area contributed by atoms with Gasteiger partial charge in [0.25, 0.3) is 0 Å². The summed E-state index contributed by atoms with van der Waals surface area (Å²) >= 11 is 0. The number of cyclic esters (lactones) is 1. The molecule has 0 aromatic heterocycles. The van der Waals surface area contributed by atoms with E-state index in [9.17, 15) is 15.0 Å². The van der Waals surface area contributed by atoms with Crippen LogP contribution < -0.4 is 0 Å². The average molecular weight is 533 g/mol. The first-order valence-corrected chi connectivity index (χ1v) is 17.4. The summed E-state index contributed by atoms with van der Waals surface area (Å²) in [6.45, 7) is 26.2. The van der Waals surface area contributed by atoms with Crippen molar-refractivity contribution in [2.45, 2.75) is 123 Å². The van der Waals surface area contributed by atoms with Crippen LogP contribution in [0, 0.1) is 40.9 Å². The van der Waals surface area contributed by atoms with E-state index in [1.807, 2.05) is 6.92 Å². The van der Waals surface area contributed by atoms with E-state index in [0.29, 0.717) is 18.3 Å². The number of carbonyl (C=O) groups excluding carboxylic acids is 1. The number of ether oxygens (including phenoxy) is 1. The van der Waals surface area contributed by atoms with Gasteiger partial charge in [-0.15, -0.1) is 0 Å². The SMILES string of the molecule is C=C1C2CC3C(C(C)C)C(O)CC3(C)CC2/C(C)=C\CC2C(C)OC(=O)C(O[Si](C)(C)C(C)(C)C)C12O. The molecule has 0 amide bonds. The maximum atomic E-state index is 13.5. The van der Waals surface area contributed by atoms with Crippen LogP contribution in [0.3, 0.4) is 0 Å². The molecule has 1 heterocycles. The molecule has 4 aliphatic rings. The number of hydrogen-bond donors (Lipinski definition) is 2. The molecule has 0 radical (unpaired) electrons. The zero-order valence-corrected chi connectivity index (χ0v) is 25.9. The summed E-state index contributed by atoms with van der Waals surface area (Å²) in [6, 6.07) is 0. The molecule has 10 unspecified atom stereocenters. The summed E-state index contributed by atoms with van der Waals surface area (Å²) in [4.78, 5) is 13.5. The Labute approximate surface area is 226 Å². The van der Waals surface area contributed by atoms with Gasteiger partial charge in [-0.05, 0) is 98.2 Å². The maximum Gasteiger partial charge on any atom is 0.337 e. The summed E-state index contributed by atoms with van der Waals surface area (Å²) in [5.74, 6) is 0.442. The number of aliphatic hydroxyl groups excluding tert-OH is 1. The van der Waals surface area contributed by atoms with Crippen molar-refractivity contribution in [3.63, 3.8) is 0 Å². The minimum atomic E-state index is -2.41. The normalized spacial score (nSPS) is 46.2. The lowest BCUT2D eigenvalue weighted by Gasteiger charge is -2.56. The van der Waals surface area contributed by atoms with Crippen LogP contribution in [0.15, 0.2) is 23.8 Å². The number of esters is 1. The van der Waals surface area contributed by atoms with Crippen molar-refractivity contribution in [2.24, 2.45) is 40.9 Å². The number of carbonyl (C=O) groups is 1. The first-order valence-electron chi connectivity index (χ1n) is 14.5. The van der Waals surface area contributed by atoms with Gasteiger partial charge in [-0.25, -0.2) is 4.79 Å². The minimum absolute atomic E-state index is 0.0253. The van der Waals surface area contributed by atoms with Gasteiger partial charge in [-0.1, -0.05) is 59.8 Å². The number of hydrogen-bond acceptors (Lipinski definition) is 5. The van der Waals surface area contributed by atoms with Crippen molar-refractivity contribution in [1.29, 1.82) is 0 Å². The molecule has 3 aliphatic carbocycles. The summed E-state index contributed by atoms with van der Waals surface area (Å²) in [7, 11) is -2.41. The topological polar surface area (TPSA) is 76.0 Å². The van der Waals surface area contributed by atoms with E-state index >= 15 is 0 Å².